The molecular formula is C17H25N. The summed E-state index contributed by atoms with van der Waals surface area (Å²) in [6.45, 7) is 8.02. The maximum atomic E-state index is 3.76. The van der Waals surface area contributed by atoms with Gasteiger partial charge in [-0.25, -0.2) is 0 Å². The standard InChI is InChI=1S/C17H25N/c1-12-6-13(2)8-15(7-12)17(9-14(3)10-17)11-18-16-4-5-16/h6-8,14,16,18H,4-5,9-11H2,1-3H3. The minimum Gasteiger partial charge on any atom is -0.313 e. The maximum Gasteiger partial charge on any atom is 0.00831 e. The van der Waals surface area contributed by atoms with Gasteiger partial charge in [0.1, 0.15) is 0 Å². The summed E-state index contributed by atoms with van der Waals surface area (Å²) in [6, 6.07) is 7.93. The van der Waals surface area contributed by atoms with Crippen LogP contribution in [-0.2, 0) is 5.41 Å². The third-order valence-corrected chi connectivity index (χ3v) is 4.62. The summed E-state index contributed by atoms with van der Waals surface area (Å²) in [4.78, 5) is 0. The molecule has 2 aliphatic rings. The van der Waals surface area contributed by atoms with Gasteiger partial charge in [-0.15, -0.1) is 0 Å². The smallest absolute Gasteiger partial charge is 0.00831 e. The van der Waals surface area contributed by atoms with Gasteiger partial charge in [-0.1, -0.05) is 36.2 Å². The van der Waals surface area contributed by atoms with Crippen LogP contribution in [0.5, 0.6) is 0 Å². The predicted molar refractivity (Wildman–Crippen MR) is 77.0 cm³/mol. The normalized spacial score (nSPS) is 31.2. The molecule has 1 heteroatoms. The molecule has 1 N–H and O–H groups in total. The molecule has 98 valence electrons. The highest BCUT2D eigenvalue weighted by molar-refractivity contribution is 5.36. The van der Waals surface area contributed by atoms with Crippen molar-refractivity contribution in [3.63, 3.8) is 0 Å². The molecule has 2 saturated carbocycles. The van der Waals surface area contributed by atoms with E-state index in [1.165, 1.54) is 43.4 Å². The summed E-state index contributed by atoms with van der Waals surface area (Å²) in [5, 5.41) is 3.76. The quantitative estimate of drug-likeness (QED) is 0.850. The summed E-state index contributed by atoms with van der Waals surface area (Å²) < 4.78 is 0. The molecule has 0 amide bonds. The van der Waals surface area contributed by atoms with E-state index in [9.17, 15) is 0 Å². The fraction of sp³-hybridized carbons (Fsp3) is 0.647. The summed E-state index contributed by atoms with van der Waals surface area (Å²) in [5.41, 5.74) is 4.83. The number of rotatable bonds is 4. The first kappa shape index (κ1) is 12.2. The molecule has 2 aliphatic carbocycles. The van der Waals surface area contributed by atoms with Crippen LogP contribution >= 0.6 is 0 Å². The first-order valence-electron chi connectivity index (χ1n) is 7.40. The van der Waals surface area contributed by atoms with Crippen LogP contribution < -0.4 is 5.32 Å². The molecule has 1 nitrogen and oxygen atoms in total. The zero-order valence-electron chi connectivity index (χ0n) is 11.9. The Kier molecular flexibility index (Phi) is 2.97. The van der Waals surface area contributed by atoms with Gasteiger partial charge in [-0.2, -0.15) is 0 Å². The third-order valence-electron chi connectivity index (χ3n) is 4.62. The van der Waals surface area contributed by atoms with E-state index >= 15 is 0 Å². The Hall–Kier alpha value is -0.820. The average Bonchev–Trinajstić information content (AvgIpc) is 3.04. The third kappa shape index (κ3) is 2.33. The molecule has 0 spiro atoms. The van der Waals surface area contributed by atoms with E-state index in [0.29, 0.717) is 5.41 Å². The molecule has 0 heterocycles. The Labute approximate surface area is 111 Å². The van der Waals surface area contributed by atoms with Crippen molar-refractivity contribution in [2.45, 2.75) is 57.9 Å². The Balaban J connectivity index is 1.83. The van der Waals surface area contributed by atoms with Gasteiger partial charge in [-0.3, -0.25) is 0 Å². The Bertz CT molecular complexity index is 419. The van der Waals surface area contributed by atoms with E-state index in [-0.39, 0.29) is 0 Å². The number of hydrogen-bond acceptors (Lipinski definition) is 1. The van der Waals surface area contributed by atoms with Crippen LogP contribution in [0, 0.1) is 19.8 Å². The van der Waals surface area contributed by atoms with Gasteiger partial charge >= 0.3 is 0 Å². The van der Waals surface area contributed by atoms with Crippen molar-refractivity contribution in [1.29, 1.82) is 0 Å². The minimum atomic E-state index is 0.429. The predicted octanol–water partition coefficient (Wildman–Crippen LogP) is 3.72. The van der Waals surface area contributed by atoms with E-state index in [0.717, 1.165) is 12.0 Å². The molecule has 0 radical (unpaired) electrons. The van der Waals surface area contributed by atoms with Crippen LogP contribution in [-0.4, -0.2) is 12.6 Å². The van der Waals surface area contributed by atoms with Crippen LogP contribution in [0.4, 0.5) is 0 Å². The molecule has 1 aromatic carbocycles. The fourth-order valence-electron chi connectivity index (χ4n) is 3.66. The van der Waals surface area contributed by atoms with E-state index in [1.54, 1.807) is 5.56 Å². The Morgan fingerprint density at radius 3 is 2.22 bits per heavy atom. The van der Waals surface area contributed by atoms with Crippen LogP contribution in [0.1, 0.15) is 49.3 Å². The van der Waals surface area contributed by atoms with Crippen LogP contribution in [0.3, 0.4) is 0 Å². The van der Waals surface area contributed by atoms with Crippen molar-refractivity contribution in [2.24, 2.45) is 5.92 Å². The molecule has 3 rings (SSSR count). The van der Waals surface area contributed by atoms with E-state index in [4.69, 9.17) is 0 Å². The summed E-state index contributed by atoms with van der Waals surface area (Å²) >= 11 is 0. The lowest BCUT2D eigenvalue weighted by Crippen LogP contribution is -2.48. The van der Waals surface area contributed by atoms with Gasteiger partial charge in [0.05, 0.1) is 0 Å². The van der Waals surface area contributed by atoms with Gasteiger partial charge in [0.25, 0.3) is 0 Å². The SMILES string of the molecule is Cc1cc(C)cc(C2(CNC3CC3)CC(C)C2)c1. The molecule has 1 aromatic rings. The monoisotopic (exact) mass is 243 g/mol. The van der Waals surface area contributed by atoms with Crippen molar-refractivity contribution in [1.82, 2.24) is 5.32 Å². The molecule has 0 saturated heterocycles. The lowest BCUT2D eigenvalue weighted by Gasteiger charge is -2.48. The van der Waals surface area contributed by atoms with Crippen molar-refractivity contribution in [3.8, 4) is 0 Å². The zero-order valence-corrected chi connectivity index (χ0v) is 11.9. The second kappa shape index (κ2) is 4.38. The number of aryl methyl sites for hydroxylation is 2. The Morgan fingerprint density at radius 2 is 1.72 bits per heavy atom. The molecular weight excluding hydrogens is 218 g/mol. The molecule has 2 fully saturated rings. The van der Waals surface area contributed by atoms with E-state index < -0.39 is 0 Å². The maximum absolute atomic E-state index is 3.76. The first-order chi connectivity index (χ1) is 8.57. The highest BCUT2D eigenvalue weighted by Crippen LogP contribution is 2.48. The molecule has 0 aliphatic heterocycles. The fourth-order valence-corrected chi connectivity index (χ4v) is 3.66. The summed E-state index contributed by atoms with van der Waals surface area (Å²) in [6.07, 6.45) is 5.49. The van der Waals surface area contributed by atoms with E-state index in [1.807, 2.05) is 0 Å². The molecule has 0 aromatic heterocycles. The van der Waals surface area contributed by atoms with Gasteiger partial charge < -0.3 is 5.32 Å². The second-order valence-corrected chi connectivity index (χ2v) is 6.83. The minimum absolute atomic E-state index is 0.429. The van der Waals surface area contributed by atoms with Crippen molar-refractivity contribution in [2.75, 3.05) is 6.54 Å². The van der Waals surface area contributed by atoms with Gasteiger partial charge in [0.2, 0.25) is 0 Å². The topological polar surface area (TPSA) is 12.0 Å². The van der Waals surface area contributed by atoms with E-state index in [2.05, 4.69) is 44.3 Å². The lowest BCUT2D eigenvalue weighted by molar-refractivity contribution is 0.152. The molecule has 0 bridgehead atoms. The number of nitrogens with one attached hydrogen (secondary N) is 1. The number of benzene rings is 1. The highest BCUT2D eigenvalue weighted by Gasteiger charge is 2.44. The largest absolute Gasteiger partial charge is 0.313 e. The van der Waals surface area contributed by atoms with Crippen LogP contribution in [0.15, 0.2) is 18.2 Å². The lowest BCUT2D eigenvalue weighted by atomic mass is 9.59. The zero-order chi connectivity index (χ0) is 12.8. The Morgan fingerprint density at radius 1 is 1.11 bits per heavy atom. The molecule has 18 heavy (non-hydrogen) atoms. The first-order valence-corrected chi connectivity index (χ1v) is 7.40. The van der Waals surface area contributed by atoms with Gasteiger partial charge in [0.15, 0.2) is 0 Å². The van der Waals surface area contributed by atoms with Crippen LogP contribution in [0.2, 0.25) is 0 Å². The van der Waals surface area contributed by atoms with Crippen molar-refractivity contribution in [3.05, 3.63) is 34.9 Å². The number of hydrogen-bond donors (Lipinski definition) is 1. The molecule has 0 atom stereocenters. The van der Waals surface area contributed by atoms with Crippen molar-refractivity contribution >= 4 is 0 Å². The summed E-state index contributed by atoms with van der Waals surface area (Å²) in [5.74, 6) is 0.895. The summed E-state index contributed by atoms with van der Waals surface area (Å²) in [7, 11) is 0. The molecule has 0 unspecified atom stereocenters. The second-order valence-electron chi connectivity index (χ2n) is 6.83. The van der Waals surface area contributed by atoms with Crippen molar-refractivity contribution < 1.29 is 0 Å². The van der Waals surface area contributed by atoms with Crippen LogP contribution in [0.25, 0.3) is 0 Å². The van der Waals surface area contributed by atoms with Gasteiger partial charge in [0, 0.05) is 18.0 Å². The average molecular weight is 243 g/mol. The van der Waals surface area contributed by atoms with Gasteiger partial charge in [-0.05, 0) is 51.0 Å². The highest BCUT2D eigenvalue weighted by atomic mass is 15.0.